The number of benzene rings is 10. The Morgan fingerprint density at radius 2 is 0.894 bits per heavy atom. The Bertz CT molecular complexity index is 4060. The number of nitrogens with zero attached hydrogens (tertiary/aromatic N) is 5. The van der Waals surface area contributed by atoms with Crippen LogP contribution in [0.5, 0.6) is 0 Å². The molecule has 0 aliphatic heterocycles. The number of fused-ring (bicyclic) bond motifs is 9. The topological polar surface area (TPSA) is 59.4 Å². The molecule has 10 aromatic carbocycles. The van der Waals surface area contributed by atoms with Crippen molar-refractivity contribution in [3.63, 3.8) is 0 Å². The molecule has 13 rings (SSSR count). The number of aromatic nitrogens is 4. The molecule has 0 spiro atoms. The third-order valence-electron chi connectivity index (χ3n) is 13.1. The summed E-state index contributed by atoms with van der Waals surface area (Å²) in [6, 6.07) is 81.6. The van der Waals surface area contributed by atoms with E-state index in [1.54, 1.807) is 0 Å². The van der Waals surface area contributed by atoms with E-state index in [1.165, 1.54) is 43.7 Å². The van der Waals surface area contributed by atoms with Gasteiger partial charge in [0, 0.05) is 54.8 Å². The summed E-state index contributed by atoms with van der Waals surface area (Å²) in [6.45, 7) is 0. The summed E-state index contributed by atoms with van der Waals surface area (Å²) < 4.78 is 4.78. The highest BCUT2D eigenvalue weighted by Crippen LogP contribution is 2.40. The molecule has 0 N–H and O–H groups in total. The molecular weight excluding hydrogens is 803 g/mol. The monoisotopic (exact) mass is 839 g/mol. The number of hydrogen-bond donors (Lipinski definition) is 0. The van der Waals surface area contributed by atoms with Gasteiger partial charge in [0.15, 0.2) is 5.82 Å². The fourth-order valence-electron chi connectivity index (χ4n) is 10.0. The van der Waals surface area contributed by atoms with E-state index in [9.17, 15) is 5.26 Å². The van der Waals surface area contributed by atoms with E-state index in [2.05, 4.69) is 215 Å². The first-order valence-corrected chi connectivity index (χ1v) is 22.2. The van der Waals surface area contributed by atoms with Gasteiger partial charge in [0.1, 0.15) is 0 Å². The Labute approximate surface area is 380 Å². The lowest BCUT2D eigenvalue weighted by molar-refractivity contribution is 1.16. The van der Waals surface area contributed by atoms with Crippen molar-refractivity contribution in [2.45, 2.75) is 0 Å². The molecule has 0 atom stereocenters. The van der Waals surface area contributed by atoms with Crippen molar-refractivity contribution in [3.8, 4) is 62.3 Å². The SMILES string of the molecule is N#Cc1cccc(-c2cccc(-c3nc(-c4ccc(-n5c6ccc(-c7ccccc7)cc6c6cc(-n7c8ccccc8c8ccccc87)ccc65)cc4)nc4c3ccc3ccccc34)c2)c1. The highest BCUT2D eigenvalue weighted by Gasteiger charge is 2.19. The molecule has 5 heteroatoms. The van der Waals surface area contributed by atoms with Crippen LogP contribution in [0.25, 0.3) is 122 Å². The average Bonchev–Trinajstić information content (AvgIpc) is 3.91. The molecule has 306 valence electrons. The molecule has 0 aliphatic carbocycles. The van der Waals surface area contributed by atoms with Crippen LogP contribution >= 0.6 is 0 Å². The van der Waals surface area contributed by atoms with Gasteiger partial charge < -0.3 is 9.13 Å². The van der Waals surface area contributed by atoms with Gasteiger partial charge in [-0.25, -0.2) is 9.97 Å². The molecule has 0 unspecified atom stereocenters. The summed E-state index contributed by atoms with van der Waals surface area (Å²) in [5, 5.41) is 17.7. The van der Waals surface area contributed by atoms with Gasteiger partial charge in [0.05, 0.1) is 44.9 Å². The number of rotatable bonds is 6. The maximum absolute atomic E-state index is 9.63. The summed E-state index contributed by atoms with van der Waals surface area (Å²) in [5.74, 6) is 0.655. The van der Waals surface area contributed by atoms with Crippen molar-refractivity contribution in [1.82, 2.24) is 19.1 Å². The highest BCUT2D eigenvalue weighted by atomic mass is 15.0. The first-order valence-electron chi connectivity index (χ1n) is 22.2. The van der Waals surface area contributed by atoms with Crippen LogP contribution in [-0.2, 0) is 0 Å². The van der Waals surface area contributed by atoms with Gasteiger partial charge in [-0.1, -0.05) is 133 Å². The zero-order chi connectivity index (χ0) is 43.7. The van der Waals surface area contributed by atoms with E-state index >= 15 is 0 Å². The van der Waals surface area contributed by atoms with Gasteiger partial charge in [-0.05, 0) is 119 Å². The third kappa shape index (κ3) is 6.01. The van der Waals surface area contributed by atoms with Crippen molar-refractivity contribution >= 4 is 65.3 Å². The van der Waals surface area contributed by atoms with E-state index in [4.69, 9.17) is 9.97 Å². The van der Waals surface area contributed by atoms with Crippen molar-refractivity contribution in [2.24, 2.45) is 0 Å². The van der Waals surface area contributed by atoms with Crippen LogP contribution in [0.1, 0.15) is 5.56 Å². The molecule has 0 saturated carbocycles. The Balaban J connectivity index is 0.977. The number of nitriles is 1. The molecule has 0 aliphatic rings. The molecule has 5 nitrogen and oxygen atoms in total. The van der Waals surface area contributed by atoms with Gasteiger partial charge in [-0.15, -0.1) is 0 Å². The van der Waals surface area contributed by atoms with Crippen molar-refractivity contribution < 1.29 is 0 Å². The number of hydrogen-bond acceptors (Lipinski definition) is 3. The van der Waals surface area contributed by atoms with Crippen LogP contribution < -0.4 is 0 Å². The molecule has 0 radical (unpaired) electrons. The fraction of sp³-hybridized carbons (Fsp3) is 0. The van der Waals surface area contributed by atoms with Crippen LogP contribution in [-0.4, -0.2) is 19.1 Å². The summed E-state index contributed by atoms with van der Waals surface area (Å²) in [6.07, 6.45) is 0. The van der Waals surface area contributed by atoms with Crippen LogP contribution in [0.2, 0.25) is 0 Å². The predicted molar refractivity (Wildman–Crippen MR) is 272 cm³/mol. The summed E-state index contributed by atoms with van der Waals surface area (Å²) in [4.78, 5) is 10.7. The lowest BCUT2D eigenvalue weighted by Gasteiger charge is -2.13. The zero-order valence-electron chi connectivity index (χ0n) is 35.6. The molecule has 0 bridgehead atoms. The highest BCUT2D eigenvalue weighted by molar-refractivity contribution is 6.13. The van der Waals surface area contributed by atoms with Crippen LogP contribution in [0.3, 0.4) is 0 Å². The minimum atomic E-state index is 0.629. The maximum atomic E-state index is 9.63. The van der Waals surface area contributed by atoms with Crippen molar-refractivity contribution in [2.75, 3.05) is 0 Å². The van der Waals surface area contributed by atoms with Crippen LogP contribution in [0.15, 0.2) is 224 Å². The first kappa shape index (κ1) is 37.4. The molecule has 13 aromatic rings. The lowest BCUT2D eigenvalue weighted by atomic mass is 9.97. The predicted octanol–water partition coefficient (Wildman–Crippen LogP) is 15.5. The molecule has 66 heavy (non-hydrogen) atoms. The van der Waals surface area contributed by atoms with E-state index in [-0.39, 0.29) is 0 Å². The minimum Gasteiger partial charge on any atom is -0.309 e. The quantitative estimate of drug-likeness (QED) is 0.157. The van der Waals surface area contributed by atoms with Crippen LogP contribution in [0, 0.1) is 11.3 Å². The average molecular weight is 840 g/mol. The van der Waals surface area contributed by atoms with Gasteiger partial charge in [0.25, 0.3) is 0 Å². The smallest absolute Gasteiger partial charge is 0.160 e. The summed E-state index contributed by atoms with van der Waals surface area (Å²) in [7, 11) is 0. The Morgan fingerprint density at radius 1 is 0.333 bits per heavy atom. The first-order chi connectivity index (χ1) is 32.7. The molecular formula is C61H37N5. The molecule has 0 fully saturated rings. The summed E-state index contributed by atoms with van der Waals surface area (Å²) >= 11 is 0. The fourth-order valence-corrected chi connectivity index (χ4v) is 10.0. The Morgan fingerprint density at radius 3 is 1.67 bits per heavy atom. The van der Waals surface area contributed by atoms with E-state index in [1.807, 2.05) is 24.3 Å². The van der Waals surface area contributed by atoms with Gasteiger partial charge in [-0.3, -0.25) is 0 Å². The molecule has 0 saturated heterocycles. The summed E-state index contributed by atoms with van der Waals surface area (Å²) in [5.41, 5.74) is 15.5. The Hall–Kier alpha value is -9.11. The second kappa shape index (κ2) is 15.0. The van der Waals surface area contributed by atoms with E-state index < -0.39 is 0 Å². The maximum Gasteiger partial charge on any atom is 0.160 e. The second-order valence-corrected chi connectivity index (χ2v) is 16.9. The molecule has 0 amide bonds. The minimum absolute atomic E-state index is 0.629. The second-order valence-electron chi connectivity index (χ2n) is 16.9. The zero-order valence-corrected chi connectivity index (χ0v) is 35.6. The van der Waals surface area contributed by atoms with Crippen molar-refractivity contribution in [1.29, 1.82) is 5.26 Å². The Kier molecular flexibility index (Phi) is 8.52. The number of para-hydroxylation sites is 2. The normalized spacial score (nSPS) is 11.6. The van der Waals surface area contributed by atoms with Gasteiger partial charge in [-0.2, -0.15) is 5.26 Å². The lowest BCUT2D eigenvalue weighted by Crippen LogP contribution is -1.98. The molecule has 3 aromatic heterocycles. The van der Waals surface area contributed by atoms with Crippen LogP contribution in [0.4, 0.5) is 0 Å². The third-order valence-corrected chi connectivity index (χ3v) is 13.1. The standard InChI is InChI=1S/C61H37N5/c62-38-39-12-10-16-43(34-39)44-17-11-18-46(35-44)59-52-31-26-41-15-4-5-19-49(41)60(52)64-61(63-59)42-24-28-47(29-25-42)65-57-32-27-45(40-13-2-1-3-14-40)36-53(57)54-37-48(30-33-58(54)65)66-55-22-8-6-20-50(55)51-21-7-9-23-56(51)66/h1-37H. The van der Waals surface area contributed by atoms with E-state index in [0.29, 0.717) is 11.4 Å². The molecule has 3 heterocycles. The van der Waals surface area contributed by atoms with Gasteiger partial charge >= 0.3 is 0 Å². The van der Waals surface area contributed by atoms with E-state index in [0.717, 1.165) is 72.0 Å². The van der Waals surface area contributed by atoms with Crippen molar-refractivity contribution in [3.05, 3.63) is 230 Å². The largest absolute Gasteiger partial charge is 0.309 e. The van der Waals surface area contributed by atoms with Gasteiger partial charge in [0.2, 0.25) is 0 Å².